The van der Waals surface area contributed by atoms with E-state index in [2.05, 4.69) is 50.5 Å². The fraction of sp³-hybridized carbons (Fsp3) is 0.571. The summed E-state index contributed by atoms with van der Waals surface area (Å²) in [6.07, 6.45) is 2.00. The molecule has 17 heavy (non-hydrogen) atoms. The maximum Gasteiger partial charge on any atom is 0.0640 e. The summed E-state index contributed by atoms with van der Waals surface area (Å²) in [6, 6.07) is 10.6. The van der Waals surface area contributed by atoms with Gasteiger partial charge in [0.15, 0.2) is 0 Å². The number of aryl methyl sites for hydroxylation is 1. The fourth-order valence-electron chi connectivity index (χ4n) is 1.55. The molecule has 0 aromatic heterocycles. The zero-order chi connectivity index (χ0) is 12.7. The number of hydrogen-bond acceptors (Lipinski definition) is 3. The van der Waals surface area contributed by atoms with E-state index in [1.54, 1.807) is 0 Å². The van der Waals surface area contributed by atoms with Crippen LogP contribution in [0.2, 0.25) is 0 Å². The van der Waals surface area contributed by atoms with Crippen LogP contribution in [0.1, 0.15) is 32.8 Å². The first-order chi connectivity index (χ1) is 8.01. The van der Waals surface area contributed by atoms with Gasteiger partial charge in [-0.1, -0.05) is 30.3 Å². The molecule has 3 heteroatoms. The highest BCUT2D eigenvalue weighted by molar-refractivity contribution is 5.14. The normalized spacial score (nSPS) is 13.6. The summed E-state index contributed by atoms with van der Waals surface area (Å²) in [5.74, 6) is 5.54. The van der Waals surface area contributed by atoms with Gasteiger partial charge >= 0.3 is 0 Å². The van der Waals surface area contributed by atoms with Crippen molar-refractivity contribution in [2.75, 3.05) is 6.61 Å². The van der Waals surface area contributed by atoms with Gasteiger partial charge in [0.25, 0.3) is 0 Å². The second kappa shape index (κ2) is 6.74. The highest BCUT2D eigenvalue weighted by atomic mass is 16.5. The van der Waals surface area contributed by atoms with Gasteiger partial charge in [-0.2, -0.15) is 0 Å². The third-order valence-electron chi connectivity index (χ3n) is 2.58. The summed E-state index contributed by atoms with van der Waals surface area (Å²) in [7, 11) is 0. The molecule has 1 unspecified atom stereocenters. The van der Waals surface area contributed by atoms with Crippen LogP contribution in [0.5, 0.6) is 0 Å². The number of nitrogens with one attached hydrogen (secondary N) is 1. The number of hydrazine groups is 1. The van der Waals surface area contributed by atoms with Crippen LogP contribution < -0.4 is 11.3 Å². The van der Waals surface area contributed by atoms with Crippen molar-refractivity contribution in [2.45, 2.75) is 45.3 Å². The summed E-state index contributed by atoms with van der Waals surface area (Å²) in [5.41, 5.74) is 4.05. The Hall–Kier alpha value is -0.900. The molecule has 0 aliphatic rings. The van der Waals surface area contributed by atoms with Crippen molar-refractivity contribution in [2.24, 2.45) is 5.84 Å². The lowest BCUT2D eigenvalue weighted by Crippen LogP contribution is -2.41. The Morgan fingerprint density at radius 2 is 1.88 bits per heavy atom. The summed E-state index contributed by atoms with van der Waals surface area (Å²) in [4.78, 5) is 0. The van der Waals surface area contributed by atoms with Gasteiger partial charge in [-0.3, -0.25) is 11.3 Å². The summed E-state index contributed by atoms with van der Waals surface area (Å²) < 4.78 is 5.73. The van der Waals surface area contributed by atoms with Gasteiger partial charge in [-0.05, 0) is 39.2 Å². The molecule has 3 N–H and O–H groups in total. The lowest BCUT2D eigenvalue weighted by atomic mass is 10.1. The first-order valence-electron chi connectivity index (χ1n) is 6.15. The Morgan fingerprint density at radius 3 is 2.41 bits per heavy atom. The first kappa shape index (κ1) is 14.2. The predicted octanol–water partition coefficient (Wildman–Crippen LogP) is 2.27. The topological polar surface area (TPSA) is 47.3 Å². The van der Waals surface area contributed by atoms with E-state index in [0.717, 1.165) is 12.8 Å². The molecule has 0 aliphatic carbocycles. The molecule has 1 atom stereocenters. The Bertz CT molecular complexity index is 306. The lowest BCUT2D eigenvalue weighted by Gasteiger charge is -2.24. The molecule has 0 radical (unpaired) electrons. The molecule has 0 amide bonds. The molecule has 3 nitrogen and oxygen atoms in total. The maximum atomic E-state index is 5.73. The number of ether oxygens (including phenoxy) is 1. The number of nitrogens with two attached hydrogens (primary N) is 1. The fourth-order valence-corrected chi connectivity index (χ4v) is 1.55. The van der Waals surface area contributed by atoms with E-state index < -0.39 is 0 Å². The van der Waals surface area contributed by atoms with Crippen LogP contribution in [0.25, 0.3) is 0 Å². The molecular formula is C14H24N2O. The van der Waals surface area contributed by atoms with Gasteiger partial charge in [-0.25, -0.2) is 0 Å². The quantitative estimate of drug-likeness (QED) is 0.588. The third kappa shape index (κ3) is 6.41. The Labute approximate surface area is 104 Å². The van der Waals surface area contributed by atoms with E-state index in [1.807, 2.05) is 6.07 Å². The van der Waals surface area contributed by atoms with Gasteiger partial charge in [0.05, 0.1) is 12.2 Å². The van der Waals surface area contributed by atoms with Crippen molar-refractivity contribution in [3.63, 3.8) is 0 Å². The molecule has 1 aromatic rings. The van der Waals surface area contributed by atoms with Gasteiger partial charge in [-0.15, -0.1) is 0 Å². The Morgan fingerprint density at radius 1 is 1.24 bits per heavy atom. The molecule has 0 saturated heterocycles. The minimum absolute atomic E-state index is 0.109. The van der Waals surface area contributed by atoms with Crippen molar-refractivity contribution < 1.29 is 4.74 Å². The Kier molecular flexibility index (Phi) is 5.62. The van der Waals surface area contributed by atoms with Crippen LogP contribution in [0.3, 0.4) is 0 Å². The summed E-state index contributed by atoms with van der Waals surface area (Å²) in [6.45, 7) is 6.81. The van der Waals surface area contributed by atoms with Crippen LogP contribution in [0.15, 0.2) is 30.3 Å². The number of hydrogen-bond donors (Lipinski definition) is 2. The van der Waals surface area contributed by atoms with E-state index in [0.29, 0.717) is 6.61 Å². The van der Waals surface area contributed by atoms with E-state index in [-0.39, 0.29) is 11.6 Å². The molecule has 0 aliphatic heterocycles. The molecule has 1 aromatic carbocycles. The summed E-state index contributed by atoms with van der Waals surface area (Å²) in [5, 5.41) is 0. The SMILES string of the molecule is CC(C)(C)OCC(CCc1ccccc1)NN. The zero-order valence-electron chi connectivity index (χ0n) is 11.1. The molecule has 96 valence electrons. The molecular weight excluding hydrogens is 212 g/mol. The van der Waals surface area contributed by atoms with Crippen molar-refractivity contribution in [1.29, 1.82) is 0 Å². The molecule has 0 saturated carbocycles. The van der Waals surface area contributed by atoms with E-state index in [4.69, 9.17) is 10.6 Å². The van der Waals surface area contributed by atoms with Crippen LogP contribution in [-0.2, 0) is 11.2 Å². The van der Waals surface area contributed by atoms with Gasteiger partial charge < -0.3 is 4.74 Å². The van der Waals surface area contributed by atoms with Gasteiger partial charge in [0.1, 0.15) is 0 Å². The van der Waals surface area contributed by atoms with Gasteiger partial charge in [0, 0.05) is 6.04 Å². The van der Waals surface area contributed by atoms with Crippen molar-refractivity contribution in [3.8, 4) is 0 Å². The third-order valence-corrected chi connectivity index (χ3v) is 2.58. The highest BCUT2D eigenvalue weighted by Crippen LogP contribution is 2.10. The minimum atomic E-state index is -0.109. The van der Waals surface area contributed by atoms with E-state index >= 15 is 0 Å². The molecule has 0 bridgehead atoms. The average molecular weight is 236 g/mol. The predicted molar refractivity (Wildman–Crippen MR) is 71.6 cm³/mol. The average Bonchev–Trinajstić information content (AvgIpc) is 2.29. The minimum Gasteiger partial charge on any atom is -0.374 e. The molecule has 0 fully saturated rings. The van der Waals surface area contributed by atoms with Gasteiger partial charge in [0.2, 0.25) is 0 Å². The largest absolute Gasteiger partial charge is 0.374 e. The van der Waals surface area contributed by atoms with E-state index in [1.165, 1.54) is 5.56 Å². The molecule has 0 spiro atoms. The standard InChI is InChI=1S/C14H24N2O/c1-14(2,3)17-11-13(16-15)10-9-12-7-5-4-6-8-12/h4-8,13,16H,9-11,15H2,1-3H3. The van der Waals surface area contributed by atoms with Crippen LogP contribution >= 0.6 is 0 Å². The first-order valence-corrected chi connectivity index (χ1v) is 6.15. The summed E-state index contributed by atoms with van der Waals surface area (Å²) >= 11 is 0. The second-order valence-corrected chi connectivity index (χ2v) is 5.31. The lowest BCUT2D eigenvalue weighted by molar-refractivity contribution is -0.0153. The molecule has 1 rings (SSSR count). The zero-order valence-corrected chi connectivity index (χ0v) is 11.1. The Balaban J connectivity index is 2.33. The monoisotopic (exact) mass is 236 g/mol. The highest BCUT2D eigenvalue weighted by Gasteiger charge is 2.14. The van der Waals surface area contributed by atoms with Crippen LogP contribution in [-0.4, -0.2) is 18.2 Å². The van der Waals surface area contributed by atoms with Crippen molar-refractivity contribution >= 4 is 0 Å². The van der Waals surface area contributed by atoms with Crippen LogP contribution in [0, 0.1) is 0 Å². The maximum absolute atomic E-state index is 5.73. The van der Waals surface area contributed by atoms with Crippen LogP contribution in [0.4, 0.5) is 0 Å². The van der Waals surface area contributed by atoms with Crippen molar-refractivity contribution in [1.82, 2.24) is 5.43 Å². The number of benzene rings is 1. The number of rotatable bonds is 6. The second-order valence-electron chi connectivity index (χ2n) is 5.31. The molecule has 0 heterocycles. The van der Waals surface area contributed by atoms with E-state index in [9.17, 15) is 0 Å². The van der Waals surface area contributed by atoms with Crippen molar-refractivity contribution in [3.05, 3.63) is 35.9 Å². The smallest absolute Gasteiger partial charge is 0.0640 e.